The van der Waals surface area contributed by atoms with E-state index < -0.39 is 0 Å². The summed E-state index contributed by atoms with van der Waals surface area (Å²) in [5.41, 5.74) is 2.77. The second-order valence-corrected chi connectivity index (χ2v) is 6.84. The number of amides is 1. The van der Waals surface area contributed by atoms with Crippen LogP contribution in [0.25, 0.3) is 0 Å². The number of rotatable bonds is 7. The first kappa shape index (κ1) is 20.2. The molecule has 0 spiro atoms. The van der Waals surface area contributed by atoms with Gasteiger partial charge in [-0.25, -0.2) is 4.99 Å². The molecule has 0 aliphatic heterocycles. The number of aliphatic imine (C=N–C) groups is 1. The van der Waals surface area contributed by atoms with Gasteiger partial charge in [0.05, 0.1) is 19.4 Å². The van der Waals surface area contributed by atoms with Crippen LogP contribution in [-0.4, -0.2) is 30.9 Å². The number of hydrogen-bond acceptors (Lipinski definition) is 3. The average Bonchev–Trinajstić information content (AvgIpc) is 3.26. The summed E-state index contributed by atoms with van der Waals surface area (Å²) in [5, 5.41) is 6.23. The van der Waals surface area contributed by atoms with E-state index in [1.807, 2.05) is 61.5 Å². The highest BCUT2D eigenvalue weighted by molar-refractivity contribution is 5.94. The lowest BCUT2D eigenvalue weighted by Gasteiger charge is -2.18. The Kier molecular flexibility index (Phi) is 7.05. The SMILES string of the molecule is CN(C)C(=NCc1cccc(C(=O)NCc2ccco2)c1)NCc1ccccc1. The maximum atomic E-state index is 12.4. The van der Waals surface area contributed by atoms with Crippen molar-refractivity contribution in [2.45, 2.75) is 19.6 Å². The maximum absolute atomic E-state index is 12.4. The molecule has 6 heteroatoms. The van der Waals surface area contributed by atoms with Gasteiger partial charge in [0, 0.05) is 26.2 Å². The second kappa shape index (κ2) is 10.1. The predicted molar refractivity (Wildman–Crippen MR) is 114 cm³/mol. The van der Waals surface area contributed by atoms with E-state index in [2.05, 4.69) is 27.8 Å². The van der Waals surface area contributed by atoms with Crippen LogP contribution in [0.1, 0.15) is 27.2 Å². The van der Waals surface area contributed by atoms with Crippen LogP contribution < -0.4 is 10.6 Å². The third kappa shape index (κ3) is 6.24. The molecule has 0 aliphatic rings. The monoisotopic (exact) mass is 390 g/mol. The van der Waals surface area contributed by atoms with Gasteiger partial charge >= 0.3 is 0 Å². The molecule has 0 unspecified atom stereocenters. The number of nitrogens with one attached hydrogen (secondary N) is 2. The first-order valence-electron chi connectivity index (χ1n) is 9.51. The molecule has 29 heavy (non-hydrogen) atoms. The van der Waals surface area contributed by atoms with Crippen molar-refractivity contribution in [1.29, 1.82) is 0 Å². The fourth-order valence-electron chi connectivity index (χ4n) is 2.79. The van der Waals surface area contributed by atoms with Gasteiger partial charge in [0.2, 0.25) is 0 Å². The highest BCUT2D eigenvalue weighted by atomic mass is 16.3. The summed E-state index contributed by atoms with van der Waals surface area (Å²) in [6.45, 7) is 1.55. The zero-order chi connectivity index (χ0) is 20.5. The number of carbonyl (C=O) groups excluding carboxylic acids is 1. The van der Waals surface area contributed by atoms with Gasteiger partial charge in [-0.05, 0) is 35.4 Å². The van der Waals surface area contributed by atoms with Crippen LogP contribution >= 0.6 is 0 Å². The summed E-state index contributed by atoms with van der Waals surface area (Å²) in [7, 11) is 3.91. The molecule has 0 radical (unpaired) electrons. The Labute approximate surface area is 171 Å². The smallest absolute Gasteiger partial charge is 0.251 e. The highest BCUT2D eigenvalue weighted by Gasteiger charge is 2.08. The molecule has 1 amide bonds. The minimum Gasteiger partial charge on any atom is -0.467 e. The Hall–Kier alpha value is -3.54. The first-order valence-corrected chi connectivity index (χ1v) is 9.51. The number of furan rings is 1. The number of carbonyl (C=O) groups is 1. The molecule has 3 aromatic rings. The fourth-order valence-corrected chi connectivity index (χ4v) is 2.79. The Balaban J connectivity index is 1.60. The van der Waals surface area contributed by atoms with Crippen LogP contribution in [0.4, 0.5) is 0 Å². The molecule has 0 bridgehead atoms. The summed E-state index contributed by atoms with van der Waals surface area (Å²) in [6.07, 6.45) is 1.59. The Morgan fingerprint density at radius 2 is 1.72 bits per heavy atom. The van der Waals surface area contributed by atoms with Crippen LogP contribution in [0.3, 0.4) is 0 Å². The van der Waals surface area contributed by atoms with Gasteiger partial charge < -0.3 is 20.0 Å². The van der Waals surface area contributed by atoms with Gasteiger partial charge in [-0.2, -0.15) is 0 Å². The molecular formula is C23H26N4O2. The molecule has 0 atom stereocenters. The number of guanidine groups is 1. The van der Waals surface area contributed by atoms with Crippen molar-refractivity contribution in [3.63, 3.8) is 0 Å². The van der Waals surface area contributed by atoms with Crippen LogP contribution in [0.15, 0.2) is 82.4 Å². The molecule has 3 rings (SSSR count). The molecule has 0 saturated carbocycles. The molecule has 1 aromatic heterocycles. The lowest BCUT2D eigenvalue weighted by atomic mass is 10.1. The van der Waals surface area contributed by atoms with E-state index in [1.54, 1.807) is 18.4 Å². The van der Waals surface area contributed by atoms with Gasteiger partial charge in [0.15, 0.2) is 5.96 Å². The molecule has 2 aromatic carbocycles. The van der Waals surface area contributed by atoms with Crippen molar-refractivity contribution in [3.05, 3.63) is 95.4 Å². The molecule has 2 N–H and O–H groups in total. The fraction of sp³-hybridized carbons (Fsp3) is 0.217. The van der Waals surface area contributed by atoms with Gasteiger partial charge in [-0.15, -0.1) is 0 Å². The standard InChI is InChI=1S/C23H26N4O2/c1-27(2)23(25-15-18-8-4-3-5-9-18)26-16-19-10-6-11-20(14-19)22(28)24-17-21-12-7-13-29-21/h3-14H,15-17H2,1-2H3,(H,24,28)(H,25,26). The number of nitrogens with zero attached hydrogens (tertiary/aromatic N) is 2. The first-order chi connectivity index (χ1) is 14.1. The third-order valence-corrected chi connectivity index (χ3v) is 4.32. The zero-order valence-corrected chi connectivity index (χ0v) is 16.8. The maximum Gasteiger partial charge on any atom is 0.251 e. The van der Waals surface area contributed by atoms with Gasteiger partial charge in [-0.3, -0.25) is 4.79 Å². The van der Waals surface area contributed by atoms with E-state index in [1.165, 1.54) is 5.56 Å². The van der Waals surface area contributed by atoms with Crippen molar-refractivity contribution < 1.29 is 9.21 Å². The Morgan fingerprint density at radius 3 is 2.45 bits per heavy atom. The molecule has 0 saturated heterocycles. The summed E-state index contributed by atoms with van der Waals surface area (Å²) in [4.78, 5) is 19.0. The normalized spacial score (nSPS) is 11.2. The van der Waals surface area contributed by atoms with Gasteiger partial charge in [-0.1, -0.05) is 42.5 Å². The largest absolute Gasteiger partial charge is 0.467 e. The Morgan fingerprint density at radius 1 is 0.931 bits per heavy atom. The van der Waals surface area contributed by atoms with Gasteiger partial charge in [0.25, 0.3) is 5.91 Å². The molecule has 6 nitrogen and oxygen atoms in total. The summed E-state index contributed by atoms with van der Waals surface area (Å²) in [5.74, 6) is 1.38. The lowest BCUT2D eigenvalue weighted by molar-refractivity contribution is 0.0948. The zero-order valence-electron chi connectivity index (χ0n) is 16.8. The number of hydrogen-bond donors (Lipinski definition) is 2. The number of benzene rings is 2. The van der Waals surface area contributed by atoms with Crippen molar-refractivity contribution in [1.82, 2.24) is 15.5 Å². The van der Waals surface area contributed by atoms with E-state index in [4.69, 9.17) is 4.42 Å². The van der Waals surface area contributed by atoms with Crippen LogP contribution in [0.2, 0.25) is 0 Å². The molecule has 1 heterocycles. The molecule has 0 fully saturated rings. The summed E-state index contributed by atoms with van der Waals surface area (Å²) in [6, 6.07) is 21.3. The summed E-state index contributed by atoms with van der Waals surface area (Å²) < 4.78 is 5.24. The topological polar surface area (TPSA) is 69.9 Å². The van der Waals surface area contributed by atoms with Crippen LogP contribution in [0.5, 0.6) is 0 Å². The van der Waals surface area contributed by atoms with Crippen molar-refractivity contribution in [2.75, 3.05) is 14.1 Å². The highest BCUT2D eigenvalue weighted by Crippen LogP contribution is 2.08. The van der Waals surface area contributed by atoms with Crippen LogP contribution in [0, 0.1) is 0 Å². The third-order valence-electron chi connectivity index (χ3n) is 4.32. The predicted octanol–water partition coefficient (Wildman–Crippen LogP) is 3.42. The van der Waals surface area contributed by atoms with Gasteiger partial charge in [0.1, 0.15) is 5.76 Å². The second-order valence-electron chi connectivity index (χ2n) is 6.84. The minimum absolute atomic E-state index is 0.137. The lowest BCUT2D eigenvalue weighted by Crippen LogP contribution is -2.36. The van der Waals surface area contributed by atoms with E-state index in [0.29, 0.717) is 25.2 Å². The van der Waals surface area contributed by atoms with E-state index in [0.717, 1.165) is 17.3 Å². The van der Waals surface area contributed by atoms with E-state index in [-0.39, 0.29) is 5.91 Å². The van der Waals surface area contributed by atoms with Crippen molar-refractivity contribution >= 4 is 11.9 Å². The molecule has 150 valence electrons. The summed E-state index contributed by atoms with van der Waals surface area (Å²) >= 11 is 0. The van der Waals surface area contributed by atoms with Crippen molar-refractivity contribution in [2.24, 2.45) is 4.99 Å². The molecule has 0 aliphatic carbocycles. The average molecular weight is 390 g/mol. The Bertz CT molecular complexity index is 935. The van der Waals surface area contributed by atoms with E-state index >= 15 is 0 Å². The van der Waals surface area contributed by atoms with E-state index in [9.17, 15) is 4.79 Å². The van der Waals surface area contributed by atoms with Crippen LogP contribution in [-0.2, 0) is 19.6 Å². The van der Waals surface area contributed by atoms with Crippen molar-refractivity contribution in [3.8, 4) is 0 Å². The molecular weight excluding hydrogens is 364 g/mol. The minimum atomic E-state index is -0.137. The quantitative estimate of drug-likeness (QED) is 0.479.